The number of ether oxygens (including phenoxy) is 4. The van der Waals surface area contributed by atoms with Crippen LogP contribution in [0.15, 0.2) is 60.7 Å². The monoisotopic (exact) mass is 1060 g/mol. The van der Waals surface area contributed by atoms with E-state index in [1.807, 2.05) is 48.5 Å². The summed E-state index contributed by atoms with van der Waals surface area (Å²) in [5.74, 6) is 1.87. The van der Waals surface area contributed by atoms with Gasteiger partial charge in [0.2, 0.25) is 0 Å². The molecule has 76 heavy (non-hydrogen) atoms. The molecule has 3 aromatic carbocycles. The summed E-state index contributed by atoms with van der Waals surface area (Å²) in [5, 5.41) is 9.00. The third-order valence-electron chi connectivity index (χ3n) is 13.3. The minimum absolute atomic E-state index is 0.152. The highest BCUT2D eigenvalue weighted by Crippen LogP contribution is 2.46. The summed E-state index contributed by atoms with van der Waals surface area (Å²) >= 11 is 0. The molecule has 8 rings (SSSR count). The predicted octanol–water partition coefficient (Wildman–Crippen LogP) is 11.4. The van der Waals surface area contributed by atoms with Crippen molar-refractivity contribution in [1.29, 1.82) is 5.26 Å². The Labute approximate surface area is 446 Å². The lowest BCUT2D eigenvalue weighted by molar-refractivity contribution is 0.153. The highest BCUT2D eigenvalue weighted by Gasteiger charge is 2.31. The van der Waals surface area contributed by atoms with Crippen LogP contribution in [0.4, 0.5) is 20.1 Å². The second kappa shape index (κ2) is 25.9. The Hall–Kier alpha value is -6.68. The molecule has 3 aromatic heterocycles. The molecule has 0 saturated carbocycles. The molecular formula is C56H71N10O9P. The molecule has 1 unspecified atom stereocenters. The van der Waals surface area contributed by atoms with E-state index in [1.165, 1.54) is 13.7 Å². The van der Waals surface area contributed by atoms with Crippen LogP contribution >= 0.6 is 8.53 Å². The van der Waals surface area contributed by atoms with E-state index >= 15 is 0 Å². The molecule has 1 saturated heterocycles. The average molecular weight is 1060 g/mol. The maximum atomic E-state index is 13.9. The van der Waals surface area contributed by atoms with Crippen molar-refractivity contribution in [2.75, 3.05) is 77.8 Å². The Kier molecular flexibility index (Phi) is 18.9. The van der Waals surface area contributed by atoms with E-state index in [-0.39, 0.29) is 31.9 Å². The van der Waals surface area contributed by atoms with Crippen molar-refractivity contribution in [3.63, 3.8) is 0 Å². The van der Waals surface area contributed by atoms with Crippen molar-refractivity contribution in [2.24, 2.45) is 0 Å². The fourth-order valence-electron chi connectivity index (χ4n) is 9.68. The van der Waals surface area contributed by atoms with E-state index in [0.29, 0.717) is 107 Å². The number of carbonyl (C=O) groups is 3. The summed E-state index contributed by atoms with van der Waals surface area (Å²) in [6.07, 6.45) is 5.10. The molecule has 20 heteroatoms. The fourth-order valence-corrected chi connectivity index (χ4v) is 11.3. The van der Waals surface area contributed by atoms with Gasteiger partial charge in [-0.15, -0.1) is 0 Å². The summed E-state index contributed by atoms with van der Waals surface area (Å²) in [4.78, 5) is 60.9. The summed E-state index contributed by atoms with van der Waals surface area (Å²) in [5.41, 5.74) is 6.57. The number of unbranched alkanes of at least 4 members (excludes halogenated alkanes) is 3. The van der Waals surface area contributed by atoms with E-state index < -0.39 is 26.8 Å². The van der Waals surface area contributed by atoms with Crippen molar-refractivity contribution >= 4 is 66.2 Å². The van der Waals surface area contributed by atoms with Crippen LogP contribution in [0.25, 0.3) is 56.5 Å². The number of piperazine rings is 1. The highest BCUT2D eigenvalue weighted by atomic mass is 31.2. The van der Waals surface area contributed by atoms with Crippen molar-refractivity contribution in [3.05, 3.63) is 77.9 Å². The van der Waals surface area contributed by atoms with E-state index in [9.17, 15) is 14.4 Å². The number of carbonyl (C=O) groups excluding carboxylic acids is 3. The van der Waals surface area contributed by atoms with Crippen LogP contribution in [-0.2, 0) is 29.7 Å². The molecule has 1 fully saturated rings. The second-order valence-electron chi connectivity index (χ2n) is 19.2. The molecule has 0 N–H and O–H groups in total. The van der Waals surface area contributed by atoms with Crippen LogP contribution in [0, 0.1) is 11.3 Å². The van der Waals surface area contributed by atoms with Crippen LogP contribution in [0.1, 0.15) is 104 Å². The lowest BCUT2D eigenvalue weighted by Crippen LogP contribution is -2.44. The number of anilines is 1. The Morgan fingerprint density at radius 2 is 1.22 bits per heavy atom. The van der Waals surface area contributed by atoms with E-state index in [1.54, 1.807) is 39.0 Å². The number of likely N-dealkylation sites (N-methyl/N-ethyl adjacent to an activating group) is 1. The van der Waals surface area contributed by atoms with Gasteiger partial charge in [0.1, 0.15) is 11.6 Å². The first kappa shape index (κ1) is 55.5. The minimum Gasteiger partial charge on any atom is -0.494 e. The molecule has 404 valence electrons. The van der Waals surface area contributed by atoms with Gasteiger partial charge in [0.25, 0.3) is 8.53 Å². The van der Waals surface area contributed by atoms with Gasteiger partial charge in [-0.05, 0) is 160 Å². The largest absolute Gasteiger partial charge is 0.494 e. The zero-order valence-corrected chi connectivity index (χ0v) is 46.0. The average Bonchev–Trinajstić information content (AvgIpc) is 4.16. The van der Waals surface area contributed by atoms with Gasteiger partial charge in [0.05, 0.1) is 85.6 Å². The van der Waals surface area contributed by atoms with E-state index in [0.717, 1.165) is 63.1 Å². The van der Waals surface area contributed by atoms with E-state index in [4.69, 9.17) is 48.2 Å². The predicted molar refractivity (Wildman–Crippen MR) is 294 cm³/mol. The zero-order valence-electron chi connectivity index (χ0n) is 45.1. The van der Waals surface area contributed by atoms with Crippen LogP contribution in [0.2, 0.25) is 0 Å². The summed E-state index contributed by atoms with van der Waals surface area (Å²) < 4.78 is 41.8. The standard InChI is InChI=1S/C56H71N10O9P/c1-9-70-54(67)63-48-24-19-41(35-45(48)58-51(63)40-17-22-44(23-18-40)73-32-14-12-13-15-33-74-76(75-34-16-27-57)66(38(4)5)39(6)7)52-59-46-36-42(20-25-49(46)64(52)55(68)71-10-2)53-60-47-37-43(62-30-28-61(8)29-31-62)21-26-50(47)65(53)56(69)72-11-3/h17-19,21-24,26,35-39H,9-16,20,25,28-34H2,1-8H3. The van der Waals surface area contributed by atoms with Gasteiger partial charge in [-0.1, -0.05) is 6.42 Å². The Balaban J connectivity index is 1.00. The fraction of sp³-hybridized carbons (Fsp3) is 0.482. The Morgan fingerprint density at radius 3 is 1.87 bits per heavy atom. The first-order chi connectivity index (χ1) is 36.8. The maximum Gasteiger partial charge on any atom is 0.420 e. The maximum absolute atomic E-state index is 13.9. The van der Waals surface area contributed by atoms with Crippen molar-refractivity contribution < 1.29 is 42.4 Å². The van der Waals surface area contributed by atoms with Crippen molar-refractivity contribution in [3.8, 4) is 34.6 Å². The van der Waals surface area contributed by atoms with Crippen molar-refractivity contribution in [1.82, 2.24) is 38.2 Å². The molecule has 1 aliphatic heterocycles. The van der Waals surface area contributed by atoms with Gasteiger partial charge in [0.15, 0.2) is 11.6 Å². The van der Waals surface area contributed by atoms with Gasteiger partial charge >= 0.3 is 18.3 Å². The normalized spacial score (nSPS) is 14.3. The lowest BCUT2D eigenvalue weighted by atomic mass is 9.99. The van der Waals surface area contributed by atoms with Crippen molar-refractivity contribution in [2.45, 2.75) is 105 Å². The summed E-state index contributed by atoms with van der Waals surface area (Å²) in [7, 11) is 0.875. The quantitative estimate of drug-likeness (QED) is 0.0354. The number of allylic oxidation sites excluding steroid dienone is 1. The van der Waals surface area contributed by atoms with Crippen LogP contribution in [0.3, 0.4) is 0 Å². The minimum atomic E-state index is -1.25. The molecular weight excluding hydrogens is 988 g/mol. The molecule has 1 aliphatic carbocycles. The van der Waals surface area contributed by atoms with Gasteiger partial charge < -0.3 is 37.8 Å². The molecule has 19 nitrogen and oxygen atoms in total. The van der Waals surface area contributed by atoms with Crippen LogP contribution in [0.5, 0.6) is 5.75 Å². The van der Waals surface area contributed by atoms with E-state index in [2.05, 4.69) is 55.3 Å². The number of fused-ring (bicyclic) bond motifs is 3. The smallest absolute Gasteiger partial charge is 0.420 e. The number of hydrogen-bond acceptors (Lipinski definition) is 16. The second-order valence-corrected chi connectivity index (χ2v) is 20.7. The number of hydrogen-bond donors (Lipinski definition) is 0. The molecule has 1 atom stereocenters. The summed E-state index contributed by atoms with van der Waals surface area (Å²) in [6, 6.07) is 21.5. The number of aromatic nitrogens is 6. The number of nitrogens with zero attached hydrogens (tertiary/aromatic N) is 10. The molecule has 6 aromatic rings. The number of nitriles is 1. The lowest BCUT2D eigenvalue weighted by Gasteiger charge is -2.35. The molecule has 4 heterocycles. The third-order valence-corrected chi connectivity index (χ3v) is 15.4. The topological polar surface area (TPSA) is 194 Å². The van der Waals surface area contributed by atoms with Crippen LogP contribution in [-0.4, -0.2) is 141 Å². The SMILES string of the molecule is CCOC(=O)n1c(-c2ccc3c(c2)nc(-c2ccc(OCCCCCCOP(OCCC#N)N(C(C)C)C(C)C)cc2)n3C(=O)OCC)nc2c1CCC(c1nc3cc(N4CCN(C)CC4)ccc3n1C(=O)OCC)=C2. The highest BCUT2D eigenvalue weighted by molar-refractivity contribution is 7.44. The third kappa shape index (κ3) is 12.6. The first-order valence-electron chi connectivity index (χ1n) is 26.6. The Morgan fingerprint density at radius 1 is 0.658 bits per heavy atom. The number of benzene rings is 3. The van der Waals surface area contributed by atoms with Gasteiger partial charge in [-0.25, -0.2) is 47.7 Å². The van der Waals surface area contributed by atoms with Gasteiger partial charge in [0, 0.05) is 55.1 Å². The summed E-state index contributed by atoms with van der Waals surface area (Å²) in [6.45, 7) is 19.5. The Bertz CT molecular complexity index is 3050. The zero-order chi connectivity index (χ0) is 53.9. The number of rotatable bonds is 22. The first-order valence-corrected chi connectivity index (χ1v) is 27.8. The molecule has 0 bridgehead atoms. The van der Waals surface area contributed by atoms with Gasteiger partial charge in [-0.3, -0.25) is 0 Å². The number of imidazole rings is 3. The molecule has 0 spiro atoms. The molecule has 0 radical (unpaired) electrons. The molecule has 2 aliphatic rings. The molecule has 0 amide bonds. The van der Waals surface area contributed by atoms with Gasteiger partial charge in [-0.2, -0.15) is 5.26 Å². The van der Waals surface area contributed by atoms with Crippen LogP contribution < -0.4 is 9.64 Å².